The van der Waals surface area contributed by atoms with E-state index in [-0.39, 0.29) is 11.3 Å². The molecule has 0 fully saturated rings. The van der Waals surface area contributed by atoms with Crippen molar-refractivity contribution in [3.63, 3.8) is 0 Å². The average Bonchev–Trinajstić information content (AvgIpc) is 3.22. The quantitative estimate of drug-likeness (QED) is 0.615. The molecule has 2 aromatic heterocycles. The van der Waals surface area contributed by atoms with E-state index in [0.29, 0.717) is 13.0 Å². The molecule has 3 rings (SSSR count). The number of amides is 1. The molecule has 1 aromatic carbocycles. The van der Waals surface area contributed by atoms with E-state index in [9.17, 15) is 4.79 Å². The molecule has 1 amide bonds. The van der Waals surface area contributed by atoms with Gasteiger partial charge in [-0.3, -0.25) is 4.79 Å². The zero-order valence-corrected chi connectivity index (χ0v) is 17.2. The number of nitrogens with zero attached hydrogens (tertiary/aromatic N) is 1. The van der Waals surface area contributed by atoms with Crippen LogP contribution in [0.2, 0.25) is 0 Å². The summed E-state index contributed by atoms with van der Waals surface area (Å²) in [5.74, 6) is 2.33. The molecule has 28 heavy (non-hydrogen) atoms. The van der Waals surface area contributed by atoms with Crippen LogP contribution < -0.4 is 10.1 Å². The van der Waals surface area contributed by atoms with Crippen molar-refractivity contribution in [1.82, 2.24) is 4.57 Å². The largest absolute Gasteiger partial charge is 0.497 e. The monoisotopic (exact) mass is 380 g/mol. The lowest BCUT2D eigenvalue weighted by Gasteiger charge is -2.19. The molecule has 0 spiro atoms. The molecule has 0 aliphatic heterocycles. The fourth-order valence-electron chi connectivity index (χ4n) is 3.27. The number of nitrogens with one attached hydrogen (secondary N) is 1. The molecule has 2 heterocycles. The molecule has 0 bridgehead atoms. The molecule has 0 unspecified atom stereocenters. The number of methoxy groups -OCH3 is 1. The van der Waals surface area contributed by atoms with E-state index in [0.717, 1.165) is 34.0 Å². The summed E-state index contributed by atoms with van der Waals surface area (Å²) in [5, 5.41) is 3.13. The smallest absolute Gasteiger partial charge is 0.226 e. The van der Waals surface area contributed by atoms with Crippen LogP contribution in [-0.2, 0) is 11.3 Å². The van der Waals surface area contributed by atoms with Gasteiger partial charge in [0.05, 0.1) is 18.9 Å². The van der Waals surface area contributed by atoms with Gasteiger partial charge in [0.1, 0.15) is 17.3 Å². The van der Waals surface area contributed by atoms with Gasteiger partial charge in [0.25, 0.3) is 0 Å². The Morgan fingerprint density at radius 3 is 2.46 bits per heavy atom. The first-order valence-electron chi connectivity index (χ1n) is 9.43. The molecule has 5 nitrogen and oxygen atoms in total. The maximum Gasteiger partial charge on any atom is 0.226 e. The van der Waals surface area contributed by atoms with Crippen molar-refractivity contribution in [1.29, 1.82) is 0 Å². The lowest BCUT2D eigenvalue weighted by Crippen LogP contribution is -2.21. The third-order valence-corrected chi connectivity index (χ3v) is 4.50. The SMILES string of the molecule is COc1ccc(Cn2cc(C)c(-c3ccco3)c2NC(=O)CC(C)(C)C)cc1. The molecular weight excluding hydrogens is 352 g/mol. The van der Waals surface area contributed by atoms with E-state index in [1.807, 2.05) is 43.3 Å². The summed E-state index contributed by atoms with van der Waals surface area (Å²) < 4.78 is 12.9. The number of furan rings is 1. The highest BCUT2D eigenvalue weighted by Crippen LogP contribution is 2.35. The number of anilines is 1. The zero-order valence-electron chi connectivity index (χ0n) is 17.2. The van der Waals surface area contributed by atoms with Crippen LogP contribution in [0.3, 0.4) is 0 Å². The minimum atomic E-state index is -0.0859. The second-order valence-corrected chi connectivity index (χ2v) is 8.27. The van der Waals surface area contributed by atoms with Crippen LogP contribution >= 0.6 is 0 Å². The van der Waals surface area contributed by atoms with Crippen LogP contribution in [-0.4, -0.2) is 17.6 Å². The number of carbonyl (C=O) groups is 1. The predicted octanol–water partition coefficient (Wildman–Crippen LogP) is 5.49. The second kappa shape index (κ2) is 7.97. The third-order valence-electron chi connectivity index (χ3n) is 4.50. The van der Waals surface area contributed by atoms with Crippen molar-refractivity contribution in [2.45, 2.75) is 40.7 Å². The highest BCUT2D eigenvalue weighted by atomic mass is 16.5. The Morgan fingerprint density at radius 1 is 1.18 bits per heavy atom. The fourth-order valence-corrected chi connectivity index (χ4v) is 3.27. The summed E-state index contributed by atoms with van der Waals surface area (Å²) in [4.78, 5) is 12.7. The molecule has 0 saturated carbocycles. The summed E-state index contributed by atoms with van der Waals surface area (Å²) in [6.07, 6.45) is 4.14. The van der Waals surface area contributed by atoms with Crippen molar-refractivity contribution in [3.8, 4) is 17.1 Å². The van der Waals surface area contributed by atoms with Gasteiger partial charge in [0, 0.05) is 19.2 Å². The van der Waals surface area contributed by atoms with Gasteiger partial charge in [-0.25, -0.2) is 0 Å². The van der Waals surface area contributed by atoms with Crippen LogP contribution in [0.1, 0.15) is 38.3 Å². The topological polar surface area (TPSA) is 56.4 Å². The van der Waals surface area contributed by atoms with Gasteiger partial charge in [0.15, 0.2) is 0 Å². The van der Waals surface area contributed by atoms with Gasteiger partial charge in [-0.2, -0.15) is 0 Å². The molecule has 0 aliphatic carbocycles. The van der Waals surface area contributed by atoms with Crippen molar-refractivity contribution < 1.29 is 13.9 Å². The number of benzene rings is 1. The van der Waals surface area contributed by atoms with Crippen molar-refractivity contribution >= 4 is 11.7 Å². The summed E-state index contributed by atoms with van der Waals surface area (Å²) in [5.41, 5.74) is 3.00. The Bertz CT molecular complexity index is 930. The lowest BCUT2D eigenvalue weighted by atomic mass is 9.92. The number of aryl methyl sites for hydroxylation is 1. The molecule has 148 valence electrons. The molecule has 0 atom stereocenters. The number of hydrogen-bond donors (Lipinski definition) is 1. The minimum absolute atomic E-state index is 0.00520. The highest BCUT2D eigenvalue weighted by Gasteiger charge is 2.22. The summed E-state index contributed by atoms with van der Waals surface area (Å²) >= 11 is 0. The van der Waals surface area contributed by atoms with Gasteiger partial charge in [0.2, 0.25) is 5.91 Å². The average molecular weight is 380 g/mol. The van der Waals surface area contributed by atoms with Crippen LogP contribution in [0, 0.1) is 12.3 Å². The molecule has 0 aliphatic rings. The van der Waals surface area contributed by atoms with Gasteiger partial charge in [-0.05, 0) is 47.7 Å². The standard InChI is InChI=1S/C23H28N2O3/c1-16-14-25(15-17-8-10-18(27-5)11-9-17)22(21(16)19-7-6-12-28-19)24-20(26)13-23(2,3)4/h6-12,14H,13,15H2,1-5H3,(H,24,26). The first kappa shape index (κ1) is 19.8. The molecule has 0 saturated heterocycles. The third kappa shape index (κ3) is 4.66. The molecule has 3 aromatic rings. The van der Waals surface area contributed by atoms with Crippen LogP contribution in [0.15, 0.2) is 53.3 Å². The van der Waals surface area contributed by atoms with E-state index < -0.39 is 0 Å². The maximum absolute atomic E-state index is 12.7. The molecular formula is C23H28N2O3. The van der Waals surface area contributed by atoms with E-state index in [1.165, 1.54) is 0 Å². The molecule has 1 N–H and O–H groups in total. The van der Waals surface area contributed by atoms with E-state index in [4.69, 9.17) is 9.15 Å². The lowest BCUT2D eigenvalue weighted by molar-refractivity contribution is -0.117. The fraction of sp³-hybridized carbons (Fsp3) is 0.348. The van der Waals surface area contributed by atoms with Crippen molar-refractivity contribution in [2.24, 2.45) is 5.41 Å². The predicted molar refractivity (Wildman–Crippen MR) is 112 cm³/mol. The number of aromatic nitrogens is 1. The Labute approximate surface area is 166 Å². The Kier molecular flexibility index (Phi) is 5.63. The summed E-state index contributed by atoms with van der Waals surface area (Å²) in [7, 11) is 1.66. The number of carbonyl (C=O) groups excluding carboxylic acids is 1. The Hall–Kier alpha value is -2.95. The number of hydrogen-bond acceptors (Lipinski definition) is 3. The number of ether oxygens (including phenoxy) is 1. The van der Waals surface area contributed by atoms with Crippen LogP contribution in [0.25, 0.3) is 11.3 Å². The first-order valence-corrected chi connectivity index (χ1v) is 9.43. The van der Waals surface area contributed by atoms with Gasteiger partial charge < -0.3 is 19.0 Å². The second-order valence-electron chi connectivity index (χ2n) is 8.27. The van der Waals surface area contributed by atoms with Gasteiger partial charge >= 0.3 is 0 Å². The zero-order chi connectivity index (χ0) is 20.3. The van der Waals surface area contributed by atoms with Crippen LogP contribution in [0.5, 0.6) is 5.75 Å². The summed E-state index contributed by atoms with van der Waals surface area (Å²) in [6, 6.07) is 11.7. The van der Waals surface area contributed by atoms with Crippen LogP contribution in [0.4, 0.5) is 5.82 Å². The Balaban J connectivity index is 1.96. The van der Waals surface area contributed by atoms with E-state index >= 15 is 0 Å². The first-order chi connectivity index (χ1) is 13.3. The molecule has 5 heteroatoms. The highest BCUT2D eigenvalue weighted by molar-refractivity contribution is 5.95. The summed E-state index contributed by atoms with van der Waals surface area (Å²) in [6.45, 7) is 8.84. The van der Waals surface area contributed by atoms with E-state index in [2.05, 4.69) is 36.9 Å². The van der Waals surface area contributed by atoms with Crippen molar-refractivity contribution in [2.75, 3.05) is 12.4 Å². The van der Waals surface area contributed by atoms with Crippen molar-refractivity contribution in [3.05, 3.63) is 60.0 Å². The van der Waals surface area contributed by atoms with Gasteiger partial charge in [-0.1, -0.05) is 32.9 Å². The molecule has 0 radical (unpaired) electrons. The maximum atomic E-state index is 12.7. The Morgan fingerprint density at radius 2 is 1.89 bits per heavy atom. The minimum Gasteiger partial charge on any atom is -0.497 e. The van der Waals surface area contributed by atoms with Gasteiger partial charge in [-0.15, -0.1) is 0 Å². The number of rotatable bonds is 6. The normalized spacial score (nSPS) is 11.5. The van der Waals surface area contributed by atoms with E-state index in [1.54, 1.807) is 13.4 Å².